The van der Waals surface area contributed by atoms with Crippen LogP contribution in [0.5, 0.6) is 0 Å². The summed E-state index contributed by atoms with van der Waals surface area (Å²) >= 11 is 0. The molecule has 0 amide bonds. The number of hydrogen-bond donors (Lipinski definition) is 4. The van der Waals surface area contributed by atoms with E-state index in [2.05, 4.69) is 107 Å². The largest absolute Gasteiger partial charge is 0.371 e. The van der Waals surface area contributed by atoms with Crippen molar-refractivity contribution in [3.63, 3.8) is 0 Å². The van der Waals surface area contributed by atoms with Crippen molar-refractivity contribution in [1.82, 2.24) is 29.2 Å². The fourth-order valence-corrected chi connectivity index (χ4v) is 16.4. The Hall–Kier alpha value is -8.32. The standard InChI is InChI=1S/C20H20FNO2S.C19H19FN2.C18H18FN3.C14H19N3O2S/c21-15-8-11-18-19(13-22-20(18)12-15)14-6-9-17(10-7-14)25(23,24)16-4-2-1-3-5-16;20-15-6-7-17-18(13-21-19(17)12-15)14-8-10-22(11-9-14)16-4-2-1-3-5-16;19-14-1-2-16-17(12-21-18(16)11-14)13-5-9-22(10-6-13)15-3-7-20-8-4-15;1-20(18,19)17-8-4-7-16(9-10-17)14-11-15-13-6-3-2-5-12(13)14/h1-5,8,11-14,17,22H,6-7,9-10H2;1-7,12-14,21H,8-11H2;1-4,7-8,11-13,21H,5-6,9-10H2;2-3,5-6,11,15H,4,7-10H2,1H3. The smallest absolute Gasteiger partial charge is 0.211 e. The molecule has 13 nitrogen and oxygen atoms in total. The number of nitrogens with one attached hydrogen (secondary N) is 4. The first-order valence-electron chi connectivity index (χ1n) is 31.0. The zero-order valence-electron chi connectivity index (χ0n) is 50.0. The Morgan fingerprint density at radius 1 is 0.416 bits per heavy atom. The van der Waals surface area contributed by atoms with Gasteiger partial charge in [-0.25, -0.2) is 34.3 Å². The highest BCUT2D eigenvalue weighted by Crippen LogP contribution is 2.41. The molecule has 3 saturated heterocycles. The molecule has 1 saturated carbocycles. The Balaban J connectivity index is 0.000000116. The molecule has 8 heterocycles. The number of piperidine rings is 2. The molecule has 0 unspecified atom stereocenters. The highest BCUT2D eigenvalue weighted by Gasteiger charge is 2.34. The van der Waals surface area contributed by atoms with Crippen molar-refractivity contribution in [2.24, 2.45) is 0 Å². The Bertz CT molecular complexity index is 4230. The van der Waals surface area contributed by atoms with Crippen LogP contribution in [0.3, 0.4) is 0 Å². The third kappa shape index (κ3) is 14.1. The van der Waals surface area contributed by atoms with Gasteiger partial charge < -0.3 is 34.6 Å². The number of pyridine rings is 1. The molecule has 11 aromatic rings. The van der Waals surface area contributed by atoms with Gasteiger partial charge in [0.15, 0.2) is 9.84 Å². The minimum atomic E-state index is -3.26. The Morgan fingerprint density at radius 3 is 1.37 bits per heavy atom. The SMILES string of the molecule is CS(=O)(=O)N1CCCN(c2c[nH]c3ccccc23)CC1.Fc1ccc2c(C3CCN(c4ccccc4)CC3)c[nH]c2c1.Fc1ccc2c(C3CCN(c4ccncc4)CC3)c[nH]c2c1.O=S(=O)(c1ccccc1)C1CCC(c2c[nH]c3cc(F)ccc23)CC1. The van der Waals surface area contributed by atoms with Gasteiger partial charge in [-0.05, 0) is 189 Å². The lowest BCUT2D eigenvalue weighted by molar-refractivity contribution is 0.437. The molecule has 462 valence electrons. The van der Waals surface area contributed by atoms with E-state index in [4.69, 9.17) is 0 Å². The molecule has 0 radical (unpaired) electrons. The molecule has 0 bridgehead atoms. The number of nitrogens with zero attached hydrogens (tertiary/aromatic N) is 5. The summed E-state index contributed by atoms with van der Waals surface area (Å²) in [5, 5.41) is 4.24. The molecule has 0 spiro atoms. The maximum Gasteiger partial charge on any atom is 0.211 e. The van der Waals surface area contributed by atoms with E-state index in [1.54, 1.807) is 52.8 Å². The molecular weight excluding hydrogens is 1160 g/mol. The zero-order valence-corrected chi connectivity index (χ0v) is 51.7. The highest BCUT2D eigenvalue weighted by atomic mass is 32.2. The highest BCUT2D eigenvalue weighted by molar-refractivity contribution is 7.92. The maximum absolute atomic E-state index is 13.3. The van der Waals surface area contributed by atoms with E-state index < -0.39 is 19.9 Å². The van der Waals surface area contributed by atoms with Crippen LogP contribution in [0.25, 0.3) is 43.6 Å². The van der Waals surface area contributed by atoms with Crippen LogP contribution in [-0.4, -0.2) is 110 Å². The third-order valence-corrected chi connectivity index (χ3v) is 22.1. The molecule has 4 aliphatic rings. The van der Waals surface area contributed by atoms with Crippen molar-refractivity contribution in [3.05, 3.63) is 223 Å². The summed E-state index contributed by atoms with van der Waals surface area (Å²) in [4.78, 5) is 24.5. The Kier molecular flexibility index (Phi) is 18.6. The van der Waals surface area contributed by atoms with Gasteiger partial charge in [0.1, 0.15) is 17.5 Å². The van der Waals surface area contributed by atoms with Crippen molar-refractivity contribution in [3.8, 4) is 0 Å². The molecular formula is C71H76F3N9O4S2. The number of aromatic amines is 4. The monoisotopic (exact) mass is 1240 g/mol. The van der Waals surface area contributed by atoms with Gasteiger partial charge in [-0.1, -0.05) is 54.6 Å². The summed E-state index contributed by atoms with van der Waals surface area (Å²) in [6.07, 6.45) is 21.4. The Morgan fingerprint density at radius 2 is 0.865 bits per heavy atom. The second-order valence-electron chi connectivity index (χ2n) is 23.9. The number of rotatable bonds is 9. The summed E-state index contributed by atoms with van der Waals surface area (Å²) in [5.41, 5.74) is 11.3. The van der Waals surface area contributed by atoms with E-state index >= 15 is 0 Å². The van der Waals surface area contributed by atoms with Gasteiger partial charge >= 0.3 is 0 Å². The first-order chi connectivity index (χ1) is 43.2. The van der Waals surface area contributed by atoms with Crippen molar-refractivity contribution in [2.45, 2.75) is 85.7 Å². The van der Waals surface area contributed by atoms with Crippen LogP contribution in [0.15, 0.2) is 194 Å². The van der Waals surface area contributed by atoms with Gasteiger partial charge in [-0.2, -0.15) is 0 Å². The number of hydrogen-bond acceptors (Lipinski definition) is 8. The molecule has 18 heteroatoms. The van der Waals surface area contributed by atoms with E-state index in [-0.39, 0.29) is 22.7 Å². The fraction of sp³-hybridized carbons (Fsp3) is 0.310. The minimum Gasteiger partial charge on any atom is -0.371 e. The van der Waals surface area contributed by atoms with E-state index in [0.717, 1.165) is 123 Å². The molecule has 4 fully saturated rings. The fourth-order valence-electron chi connectivity index (χ4n) is 13.7. The van der Waals surface area contributed by atoms with E-state index in [1.165, 1.54) is 57.2 Å². The number of fused-ring (bicyclic) bond motifs is 4. The topological polar surface area (TPSA) is 157 Å². The molecule has 1 aliphatic carbocycles. The van der Waals surface area contributed by atoms with E-state index in [1.807, 2.05) is 61.2 Å². The molecule has 5 aromatic heterocycles. The second kappa shape index (κ2) is 27.2. The van der Waals surface area contributed by atoms with Crippen LogP contribution in [0.4, 0.5) is 30.2 Å². The average Bonchev–Trinajstić information content (AvgIpc) is 2.46. The number of sulfone groups is 1. The van der Waals surface area contributed by atoms with Crippen molar-refractivity contribution >= 4 is 80.5 Å². The lowest BCUT2D eigenvalue weighted by atomic mass is 9.84. The van der Waals surface area contributed by atoms with Gasteiger partial charge in [0.2, 0.25) is 10.0 Å². The number of benzene rings is 6. The van der Waals surface area contributed by atoms with Gasteiger partial charge in [0.25, 0.3) is 0 Å². The molecule has 3 aliphatic heterocycles. The van der Waals surface area contributed by atoms with Gasteiger partial charge in [0, 0.05) is 145 Å². The van der Waals surface area contributed by atoms with E-state index in [9.17, 15) is 30.0 Å². The lowest BCUT2D eigenvalue weighted by Crippen LogP contribution is -2.34. The van der Waals surface area contributed by atoms with Crippen LogP contribution in [-0.2, 0) is 19.9 Å². The summed E-state index contributed by atoms with van der Waals surface area (Å²) in [6.45, 7) is 7.01. The summed E-state index contributed by atoms with van der Waals surface area (Å²) in [5.74, 6) is 0.796. The normalized spacial score (nSPS) is 18.2. The first-order valence-corrected chi connectivity index (χ1v) is 34.4. The lowest BCUT2D eigenvalue weighted by Gasteiger charge is -2.33. The first kappa shape index (κ1) is 60.9. The third-order valence-electron chi connectivity index (χ3n) is 18.5. The Labute approximate surface area is 519 Å². The summed E-state index contributed by atoms with van der Waals surface area (Å²) < 4.78 is 90.4. The number of H-pyrrole nitrogens is 4. The van der Waals surface area contributed by atoms with Crippen molar-refractivity contribution in [1.29, 1.82) is 0 Å². The number of aromatic nitrogens is 5. The maximum atomic E-state index is 13.3. The average molecular weight is 1240 g/mol. The molecule has 6 aromatic carbocycles. The van der Waals surface area contributed by atoms with Crippen LogP contribution < -0.4 is 14.7 Å². The molecule has 0 atom stereocenters. The molecule has 15 rings (SSSR count). The van der Waals surface area contributed by atoms with Crippen LogP contribution in [0, 0.1) is 17.5 Å². The predicted octanol–water partition coefficient (Wildman–Crippen LogP) is 15.2. The summed E-state index contributed by atoms with van der Waals surface area (Å²) in [6, 6.07) is 46.5. The van der Waals surface area contributed by atoms with Gasteiger partial charge in [-0.15, -0.1) is 0 Å². The van der Waals surface area contributed by atoms with Crippen LogP contribution in [0.1, 0.15) is 92.2 Å². The van der Waals surface area contributed by atoms with Gasteiger partial charge in [-0.3, -0.25) is 4.98 Å². The molecule has 89 heavy (non-hydrogen) atoms. The van der Waals surface area contributed by atoms with E-state index in [0.29, 0.717) is 48.6 Å². The minimum absolute atomic E-state index is 0.181. The number of halogens is 3. The quantitative estimate of drug-likeness (QED) is 0.111. The zero-order chi connectivity index (χ0) is 61.5. The second-order valence-corrected chi connectivity index (χ2v) is 28.1. The predicted molar refractivity (Wildman–Crippen MR) is 354 cm³/mol. The van der Waals surface area contributed by atoms with Crippen LogP contribution >= 0.6 is 0 Å². The number of sulfonamides is 1. The number of anilines is 3. The van der Waals surface area contributed by atoms with Crippen LogP contribution in [0.2, 0.25) is 0 Å². The van der Waals surface area contributed by atoms with Gasteiger partial charge in [0.05, 0.1) is 22.1 Å². The van der Waals surface area contributed by atoms with Crippen molar-refractivity contribution < 1.29 is 30.0 Å². The summed E-state index contributed by atoms with van der Waals surface area (Å²) in [7, 11) is -6.34. The molecule has 4 N–H and O–H groups in total. The van der Waals surface area contributed by atoms with Crippen molar-refractivity contribution in [2.75, 3.05) is 73.3 Å². The number of para-hydroxylation sites is 2.